The summed E-state index contributed by atoms with van der Waals surface area (Å²) in [6.45, 7) is 0. The molecular weight excluding hydrogens is 109 g/mol. The van der Waals surface area contributed by atoms with Crippen molar-refractivity contribution in [3.63, 3.8) is 0 Å². The normalized spacial score (nSPS) is 21.6. The number of allylic oxidation sites excluding steroid dienone is 1. The van der Waals surface area contributed by atoms with Gasteiger partial charge in [-0.25, -0.2) is 10.7 Å². The van der Waals surface area contributed by atoms with Crippen LogP contribution in [0.25, 0.3) is 0 Å². The first-order valence-corrected chi connectivity index (χ1v) is 2.92. The van der Waals surface area contributed by atoms with Crippen molar-refractivity contribution in [1.82, 2.24) is 4.89 Å². The van der Waals surface area contributed by atoms with Crippen LogP contribution in [-0.2, 0) is 0 Å². The maximum absolute atomic E-state index is 5.23. The second-order valence-electron chi connectivity index (χ2n) is 1.10. The monoisotopic (exact) mass is 115 g/mol. The average Bonchev–Trinajstić information content (AvgIpc) is 1.69. The van der Waals surface area contributed by atoms with E-state index in [1.165, 1.54) is 4.89 Å². The second kappa shape index (κ2) is 2.05. The van der Waals surface area contributed by atoms with Gasteiger partial charge < -0.3 is 0 Å². The van der Waals surface area contributed by atoms with Crippen LogP contribution >= 0.6 is 8.73 Å². The highest BCUT2D eigenvalue weighted by Gasteiger charge is 1.88. The third-order valence-electron chi connectivity index (χ3n) is 0.580. The Labute approximate surface area is 43.7 Å². The minimum absolute atomic E-state index is 0.508. The molecule has 0 radical (unpaired) electrons. The Hall–Kier alpha value is -0.400. The minimum atomic E-state index is 0.508. The molecule has 1 aliphatic rings. The van der Waals surface area contributed by atoms with Gasteiger partial charge in [-0.1, -0.05) is 0 Å². The Morgan fingerprint density at radius 2 is 2.57 bits per heavy atom. The summed E-state index contributed by atoms with van der Waals surface area (Å²) in [6.07, 6.45) is 3.54. The number of hydrazine groups is 1. The summed E-state index contributed by atoms with van der Waals surface area (Å²) in [4.78, 5) is 1.40. The lowest BCUT2D eigenvalue weighted by Gasteiger charge is -2.09. The van der Waals surface area contributed by atoms with E-state index in [1.807, 2.05) is 11.9 Å². The van der Waals surface area contributed by atoms with E-state index in [2.05, 4.69) is 5.10 Å². The van der Waals surface area contributed by atoms with Crippen LogP contribution in [0.2, 0.25) is 0 Å². The summed E-state index contributed by atoms with van der Waals surface area (Å²) in [7, 11) is 0.508. The summed E-state index contributed by atoms with van der Waals surface area (Å²) in [6, 6.07) is 0. The van der Waals surface area contributed by atoms with Gasteiger partial charge in [0.05, 0.1) is 0 Å². The minimum Gasteiger partial charge on any atom is -0.228 e. The fourth-order valence-corrected chi connectivity index (χ4v) is 0.764. The van der Waals surface area contributed by atoms with Gasteiger partial charge >= 0.3 is 0 Å². The molecular formula is C3H6N3P. The molecule has 0 amide bonds. The van der Waals surface area contributed by atoms with Gasteiger partial charge in [0.25, 0.3) is 0 Å². The van der Waals surface area contributed by atoms with Gasteiger partial charge in [0.15, 0.2) is 0 Å². The fourth-order valence-electron chi connectivity index (χ4n) is 0.306. The third kappa shape index (κ3) is 1.26. The van der Waals surface area contributed by atoms with Crippen molar-refractivity contribution in [3.8, 4) is 0 Å². The van der Waals surface area contributed by atoms with Crippen LogP contribution in [0.4, 0.5) is 0 Å². The number of hydrazone groups is 1. The largest absolute Gasteiger partial charge is 0.228 e. The first-order valence-electron chi connectivity index (χ1n) is 1.90. The zero-order chi connectivity index (χ0) is 5.11. The van der Waals surface area contributed by atoms with Crippen LogP contribution in [0.5, 0.6) is 0 Å². The summed E-state index contributed by atoms with van der Waals surface area (Å²) < 4.78 is 0. The molecule has 0 fully saturated rings. The van der Waals surface area contributed by atoms with Crippen molar-refractivity contribution < 1.29 is 0 Å². The van der Waals surface area contributed by atoms with E-state index in [-0.39, 0.29) is 0 Å². The molecule has 1 heterocycles. The maximum Gasteiger partial charge on any atom is 0.0490 e. The van der Waals surface area contributed by atoms with Gasteiger partial charge in [-0.15, -0.1) is 0 Å². The first-order chi connectivity index (χ1) is 3.39. The van der Waals surface area contributed by atoms with Crippen LogP contribution < -0.4 is 5.84 Å². The third-order valence-corrected chi connectivity index (χ3v) is 1.30. The first kappa shape index (κ1) is 4.75. The molecule has 7 heavy (non-hydrogen) atoms. The van der Waals surface area contributed by atoms with Crippen LogP contribution in [0.15, 0.2) is 17.0 Å². The van der Waals surface area contributed by atoms with Crippen molar-refractivity contribution in [2.75, 3.05) is 0 Å². The molecule has 0 aromatic rings. The molecule has 0 spiro atoms. The average molecular weight is 115 g/mol. The van der Waals surface area contributed by atoms with Crippen molar-refractivity contribution in [2.45, 2.75) is 0 Å². The van der Waals surface area contributed by atoms with Gasteiger partial charge in [-0.05, 0) is 11.9 Å². The smallest absolute Gasteiger partial charge is 0.0490 e. The molecule has 0 aromatic heterocycles. The molecule has 4 heteroatoms. The quantitative estimate of drug-likeness (QED) is 0.363. The van der Waals surface area contributed by atoms with E-state index in [9.17, 15) is 0 Å². The Morgan fingerprint density at radius 3 is 2.86 bits per heavy atom. The molecule has 1 rings (SSSR count). The number of hydrogen-bond donors (Lipinski definition) is 1. The Morgan fingerprint density at radius 1 is 1.71 bits per heavy atom. The Bertz CT molecular complexity index is 109. The Kier molecular flexibility index (Phi) is 1.39. The number of rotatable bonds is 0. The molecule has 0 aliphatic carbocycles. The molecule has 0 saturated carbocycles. The molecule has 0 aromatic carbocycles. The second-order valence-corrected chi connectivity index (χ2v) is 2.15. The van der Waals surface area contributed by atoms with Gasteiger partial charge in [0.2, 0.25) is 0 Å². The lowest BCUT2D eigenvalue weighted by Crippen LogP contribution is -2.14. The SMILES string of the molecule is NN1N=CC=CP1. The standard InChI is InChI=1S/C3H6N3P/c4-6-5-2-1-3-7-6/h1-3,7H,4H2. The number of nitrogens with zero attached hydrogens (tertiary/aromatic N) is 2. The Balaban J connectivity index is 2.49. The fraction of sp³-hybridized carbons (Fsp3) is 0. The number of hydrogen-bond acceptors (Lipinski definition) is 3. The highest BCUT2D eigenvalue weighted by molar-refractivity contribution is 7.38. The van der Waals surface area contributed by atoms with Crippen LogP contribution in [-0.4, -0.2) is 11.1 Å². The lowest BCUT2D eigenvalue weighted by molar-refractivity contribution is 0.531. The topological polar surface area (TPSA) is 41.6 Å². The van der Waals surface area contributed by atoms with Crippen molar-refractivity contribution >= 4 is 14.9 Å². The predicted molar refractivity (Wildman–Crippen MR) is 32.0 cm³/mol. The molecule has 0 saturated heterocycles. The molecule has 0 bridgehead atoms. The van der Waals surface area contributed by atoms with Gasteiger partial charge in [-0.3, -0.25) is 0 Å². The maximum atomic E-state index is 5.23. The summed E-state index contributed by atoms with van der Waals surface area (Å²) in [5.41, 5.74) is 0. The molecule has 3 nitrogen and oxygen atoms in total. The predicted octanol–water partition coefficient (Wildman–Crippen LogP) is 0.269. The number of nitrogens with two attached hydrogens (primary N) is 1. The van der Waals surface area contributed by atoms with Gasteiger partial charge in [0.1, 0.15) is 0 Å². The van der Waals surface area contributed by atoms with Crippen LogP contribution in [0, 0.1) is 0 Å². The van der Waals surface area contributed by atoms with E-state index in [4.69, 9.17) is 5.84 Å². The molecule has 2 N–H and O–H groups in total. The zero-order valence-electron chi connectivity index (χ0n) is 3.70. The van der Waals surface area contributed by atoms with Crippen molar-refractivity contribution in [1.29, 1.82) is 0 Å². The van der Waals surface area contributed by atoms with E-state index in [0.29, 0.717) is 8.73 Å². The molecule has 1 aliphatic heterocycles. The highest BCUT2D eigenvalue weighted by Crippen LogP contribution is 2.16. The van der Waals surface area contributed by atoms with Crippen molar-refractivity contribution in [2.24, 2.45) is 10.9 Å². The molecule has 1 atom stereocenters. The zero-order valence-corrected chi connectivity index (χ0v) is 4.70. The molecule has 1 unspecified atom stereocenters. The van der Waals surface area contributed by atoms with Crippen LogP contribution in [0.1, 0.15) is 0 Å². The highest BCUT2D eigenvalue weighted by atomic mass is 31.1. The lowest BCUT2D eigenvalue weighted by atomic mass is 10.7. The summed E-state index contributed by atoms with van der Waals surface area (Å²) in [5.74, 6) is 7.20. The van der Waals surface area contributed by atoms with Gasteiger partial charge in [0, 0.05) is 14.9 Å². The van der Waals surface area contributed by atoms with E-state index >= 15 is 0 Å². The van der Waals surface area contributed by atoms with Crippen molar-refractivity contribution in [3.05, 3.63) is 11.9 Å². The van der Waals surface area contributed by atoms with E-state index < -0.39 is 0 Å². The molecule has 38 valence electrons. The van der Waals surface area contributed by atoms with E-state index in [0.717, 1.165) is 0 Å². The summed E-state index contributed by atoms with van der Waals surface area (Å²) in [5, 5.41) is 3.74. The van der Waals surface area contributed by atoms with Gasteiger partial charge in [-0.2, -0.15) is 5.10 Å². The van der Waals surface area contributed by atoms with E-state index in [1.54, 1.807) is 6.21 Å². The van der Waals surface area contributed by atoms with Crippen LogP contribution in [0.3, 0.4) is 0 Å². The summed E-state index contributed by atoms with van der Waals surface area (Å²) >= 11 is 0.